The van der Waals surface area contributed by atoms with E-state index >= 15 is 0 Å². The number of aromatic nitrogens is 2. The molecule has 0 unspecified atom stereocenters. The zero-order valence-corrected chi connectivity index (χ0v) is 15.7. The fraction of sp³-hybridized carbons (Fsp3) is 0.688. The summed E-state index contributed by atoms with van der Waals surface area (Å²) in [6, 6.07) is -0.472. The van der Waals surface area contributed by atoms with E-state index in [1.807, 2.05) is 6.92 Å². The molecule has 9 heteroatoms. The average molecular weight is 373 g/mol. The number of carbonyl (C=O) groups excluding carboxylic acids is 2. The summed E-state index contributed by atoms with van der Waals surface area (Å²) in [5.74, 6) is -0.319. The van der Waals surface area contributed by atoms with Crippen molar-refractivity contribution in [2.75, 3.05) is 13.1 Å². The zero-order chi connectivity index (χ0) is 18.8. The third-order valence-corrected chi connectivity index (χ3v) is 4.16. The predicted octanol–water partition coefficient (Wildman–Crippen LogP) is 1.73. The molecule has 1 aromatic heterocycles. The molecule has 1 aromatic rings. The number of amides is 2. The molecule has 0 aliphatic carbocycles. The van der Waals surface area contributed by atoms with Gasteiger partial charge in [0, 0.05) is 6.54 Å². The molecule has 0 bridgehead atoms. The molecule has 2 amide bonds. The first-order valence-corrected chi connectivity index (χ1v) is 8.69. The van der Waals surface area contributed by atoms with E-state index in [0.29, 0.717) is 25.1 Å². The summed E-state index contributed by atoms with van der Waals surface area (Å²) in [5.41, 5.74) is 0.0925. The van der Waals surface area contributed by atoms with Gasteiger partial charge in [-0.15, -0.1) is 0 Å². The number of nitrogens with zero attached hydrogens (tertiary/aromatic N) is 2. The van der Waals surface area contributed by atoms with Crippen molar-refractivity contribution in [3.05, 3.63) is 16.7 Å². The SMILES string of the molecule is CCc1[nH]c(C(=O)N[C@H]2CCN(C(=O)OC(C)(C)C)C[C@@H]2O)nc1Cl. The van der Waals surface area contributed by atoms with Gasteiger partial charge in [-0.3, -0.25) is 4.79 Å². The number of aromatic amines is 1. The third-order valence-electron chi connectivity index (χ3n) is 3.85. The highest BCUT2D eigenvalue weighted by atomic mass is 35.5. The van der Waals surface area contributed by atoms with Crippen molar-refractivity contribution >= 4 is 23.6 Å². The summed E-state index contributed by atoms with van der Waals surface area (Å²) >= 11 is 5.94. The van der Waals surface area contributed by atoms with E-state index in [1.165, 1.54) is 4.90 Å². The number of rotatable bonds is 3. The van der Waals surface area contributed by atoms with Crippen molar-refractivity contribution in [2.24, 2.45) is 0 Å². The van der Waals surface area contributed by atoms with Gasteiger partial charge in [0.05, 0.1) is 24.4 Å². The number of H-pyrrole nitrogens is 1. The van der Waals surface area contributed by atoms with Gasteiger partial charge in [-0.2, -0.15) is 0 Å². The number of aliphatic hydroxyl groups is 1. The summed E-state index contributed by atoms with van der Waals surface area (Å²) in [4.78, 5) is 32.6. The summed E-state index contributed by atoms with van der Waals surface area (Å²) in [6.07, 6.45) is -0.305. The molecule has 0 aromatic carbocycles. The Kier molecular flexibility index (Phi) is 5.95. The topological polar surface area (TPSA) is 108 Å². The molecule has 8 nitrogen and oxygen atoms in total. The Balaban J connectivity index is 1.92. The predicted molar refractivity (Wildman–Crippen MR) is 92.7 cm³/mol. The number of aryl methyl sites for hydroxylation is 1. The van der Waals surface area contributed by atoms with Gasteiger partial charge < -0.3 is 25.0 Å². The highest BCUT2D eigenvalue weighted by molar-refractivity contribution is 6.30. The first kappa shape index (κ1) is 19.5. The van der Waals surface area contributed by atoms with E-state index in [1.54, 1.807) is 20.8 Å². The third kappa shape index (κ3) is 5.09. The van der Waals surface area contributed by atoms with Crippen molar-refractivity contribution in [2.45, 2.75) is 58.3 Å². The highest BCUT2D eigenvalue weighted by Crippen LogP contribution is 2.17. The van der Waals surface area contributed by atoms with Gasteiger partial charge in [-0.05, 0) is 33.6 Å². The monoisotopic (exact) mass is 372 g/mol. The number of piperidine rings is 1. The molecular weight excluding hydrogens is 348 g/mol. The normalized spacial score (nSPS) is 21.1. The molecule has 1 aliphatic heterocycles. The summed E-state index contributed by atoms with van der Waals surface area (Å²) < 4.78 is 5.30. The summed E-state index contributed by atoms with van der Waals surface area (Å²) in [5, 5.41) is 13.3. The number of ether oxygens (including phenoxy) is 1. The Labute approximate surface area is 151 Å². The van der Waals surface area contributed by atoms with Crippen LogP contribution in [0.25, 0.3) is 0 Å². The lowest BCUT2D eigenvalue weighted by molar-refractivity contribution is -0.00413. The maximum Gasteiger partial charge on any atom is 0.410 e. The van der Waals surface area contributed by atoms with Crippen LogP contribution in [0.1, 0.15) is 50.4 Å². The van der Waals surface area contributed by atoms with Gasteiger partial charge in [-0.1, -0.05) is 18.5 Å². The van der Waals surface area contributed by atoms with Crippen molar-refractivity contribution in [3.63, 3.8) is 0 Å². The van der Waals surface area contributed by atoms with Crippen LogP contribution in [0.5, 0.6) is 0 Å². The second-order valence-corrected chi connectivity index (χ2v) is 7.43. The molecule has 1 fully saturated rings. The molecule has 2 rings (SSSR count). The number of nitrogens with one attached hydrogen (secondary N) is 2. The Bertz CT molecular complexity index is 641. The molecule has 2 atom stereocenters. The van der Waals surface area contributed by atoms with Gasteiger partial charge in [0.1, 0.15) is 5.60 Å². The standard InChI is InChI=1S/C16H25ClN4O4/c1-5-9-12(17)20-13(18-9)14(23)19-10-6-7-21(8-11(10)22)15(24)25-16(2,3)4/h10-11,22H,5-8H2,1-4H3,(H,18,20)(H,19,23)/t10-,11-/m0/s1. The van der Waals surface area contributed by atoms with E-state index < -0.39 is 29.7 Å². The lowest BCUT2D eigenvalue weighted by Crippen LogP contribution is -2.56. The molecule has 0 saturated carbocycles. The van der Waals surface area contributed by atoms with Crippen LogP contribution >= 0.6 is 11.6 Å². The Hall–Kier alpha value is -1.80. The van der Waals surface area contributed by atoms with Crippen LogP contribution in [-0.4, -0.2) is 62.8 Å². The first-order chi connectivity index (χ1) is 11.6. The molecule has 25 heavy (non-hydrogen) atoms. The number of carbonyl (C=O) groups is 2. The average Bonchev–Trinajstić information content (AvgIpc) is 2.88. The van der Waals surface area contributed by atoms with E-state index in [0.717, 1.165) is 0 Å². The number of β-amino-alcohol motifs (C(OH)–C–C–N with tert-alkyl or cyclic N) is 1. The van der Waals surface area contributed by atoms with Gasteiger partial charge in [0.2, 0.25) is 0 Å². The number of aliphatic hydroxyl groups excluding tert-OH is 1. The summed E-state index contributed by atoms with van der Waals surface area (Å²) in [7, 11) is 0. The molecule has 0 radical (unpaired) electrons. The van der Waals surface area contributed by atoms with Crippen LogP contribution in [-0.2, 0) is 11.2 Å². The van der Waals surface area contributed by atoms with E-state index in [4.69, 9.17) is 16.3 Å². The van der Waals surface area contributed by atoms with Crippen LogP contribution in [0.3, 0.4) is 0 Å². The second kappa shape index (κ2) is 7.61. The molecule has 1 aliphatic rings. The number of halogens is 1. The molecule has 0 spiro atoms. The Morgan fingerprint density at radius 1 is 1.48 bits per heavy atom. The fourth-order valence-electron chi connectivity index (χ4n) is 2.56. The van der Waals surface area contributed by atoms with Gasteiger partial charge in [0.25, 0.3) is 5.91 Å². The smallest absolute Gasteiger partial charge is 0.410 e. The van der Waals surface area contributed by atoms with Crippen molar-refractivity contribution in [1.82, 2.24) is 20.2 Å². The van der Waals surface area contributed by atoms with Crippen molar-refractivity contribution in [3.8, 4) is 0 Å². The van der Waals surface area contributed by atoms with Crippen LogP contribution in [0.15, 0.2) is 0 Å². The van der Waals surface area contributed by atoms with Crippen LogP contribution < -0.4 is 5.32 Å². The maximum absolute atomic E-state index is 12.3. The minimum Gasteiger partial charge on any atom is -0.444 e. The van der Waals surface area contributed by atoms with Crippen LogP contribution in [0.4, 0.5) is 4.79 Å². The highest BCUT2D eigenvalue weighted by Gasteiger charge is 2.33. The first-order valence-electron chi connectivity index (χ1n) is 8.32. The minimum atomic E-state index is -0.888. The number of imidazole rings is 1. The van der Waals surface area contributed by atoms with Gasteiger partial charge in [-0.25, -0.2) is 9.78 Å². The lowest BCUT2D eigenvalue weighted by atomic mass is 10.0. The van der Waals surface area contributed by atoms with E-state index in [2.05, 4.69) is 15.3 Å². The molecule has 1 saturated heterocycles. The Morgan fingerprint density at radius 3 is 2.68 bits per heavy atom. The quantitative estimate of drug-likeness (QED) is 0.748. The van der Waals surface area contributed by atoms with Crippen LogP contribution in [0.2, 0.25) is 5.15 Å². The molecule has 140 valence electrons. The number of hydrogen-bond donors (Lipinski definition) is 3. The van der Waals surface area contributed by atoms with Crippen LogP contribution in [0, 0.1) is 0 Å². The summed E-state index contributed by atoms with van der Waals surface area (Å²) in [6.45, 7) is 7.74. The molecular formula is C16H25ClN4O4. The lowest BCUT2D eigenvalue weighted by Gasteiger charge is -2.36. The Morgan fingerprint density at radius 2 is 2.16 bits per heavy atom. The van der Waals surface area contributed by atoms with Crippen molar-refractivity contribution < 1.29 is 19.4 Å². The maximum atomic E-state index is 12.3. The second-order valence-electron chi connectivity index (χ2n) is 7.07. The molecule has 3 N–H and O–H groups in total. The van der Waals surface area contributed by atoms with Gasteiger partial charge >= 0.3 is 6.09 Å². The number of likely N-dealkylation sites (tertiary alicyclic amines) is 1. The fourth-order valence-corrected chi connectivity index (χ4v) is 2.82. The van der Waals surface area contributed by atoms with E-state index in [9.17, 15) is 14.7 Å². The number of hydrogen-bond acceptors (Lipinski definition) is 5. The minimum absolute atomic E-state index is 0.0962. The van der Waals surface area contributed by atoms with Gasteiger partial charge in [0.15, 0.2) is 11.0 Å². The molecule has 2 heterocycles. The van der Waals surface area contributed by atoms with Crippen molar-refractivity contribution in [1.29, 1.82) is 0 Å². The van der Waals surface area contributed by atoms with E-state index in [-0.39, 0.29) is 17.5 Å². The zero-order valence-electron chi connectivity index (χ0n) is 14.9. The largest absolute Gasteiger partial charge is 0.444 e.